The van der Waals surface area contributed by atoms with Gasteiger partial charge in [-0.3, -0.25) is 0 Å². The summed E-state index contributed by atoms with van der Waals surface area (Å²) in [5.74, 6) is 0. The summed E-state index contributed by atoms with van der Waals surface area (Å²) >= 11 is 0. The number of hydrogen-bond donors (Lipinski definition) is 0. The highest BCUT2D eigenvalue weighted by Gasteiger charge is 2.12. The van der Waals surface area contributed by atoms with Crippen molar-refractivity contribution in [2.75, 3.05) is 0 Å². The first-order valence-corrected chi connectivity index (χ1v) is 10.3. The van der Waals surface area contributed by atoms with E-state index in [1.807, 2.05) is 12.1 Å². The van der Waals surface area contributed by atoms with Crippen molar-refractivity contribution in [2.24, 2.45) is 0 Å². The lowest BCUT2D eigenvalue weighted by Crippen LogP contribution is -1.86. The molecule has 30 heavy (non-hydrogen) atoms. The predicted molar refractivity (Wildman–Crippen MR) is 129 cm³/mol. The molecule has 0 aliphatic heterocycles. The van der Waals surface area contributed by atoms with Crippen LogP contribution in [0.3, 0.4) is 0 Å². The van der Waals surface area contributed by atoms with Crippen molar-refractivity contribution in [3.63, 3.8) is 0 Å². The van der Waals surface area contributed by atoms with E-state index in [9.17, 15) is 0 Å². The second kappa shape index (κ2) is 5.81. The Morgan fingerprint density at radius 3 is 1.00 bits per heavy atom. The molecule has 0 nitrogen and oxygen atoms in total. The van der Waals surface area contributed by atoms with Crippen LogP contribution in [0.2, 0.25) is 0 Å². The van der Waals surface area contributed by atoms with E-state index in [-0.39, 0.29) is 0 Å². The van der Waals surface area contributed by atoms with Gasteiger partial charge in [-0.2, -0.15) is 0 Å². The fourth-order valence-corrected chi connectivity index (χ4v) is 4.92. The van der Waals surface area contributed by atoms with Crippen LogP contribution in [-0.2, 0) is 0 Å². The minimum absolute atomic E-state index is 1.11. The minimum Gasteiger partial charge on any atom is -0.0616 e. The smallest absolute Gasteiger partial charge is 0.00921 e. The molecule has 0 saturated heterocycles. The summed E-state index contributed by atoms with van der Waals surface area (Å²) in [6.45, 7) is 0. The van der Waals surface area contributed by atoms with E-state index in [2.05, 4.69) is 97.1 Å². The summed E-state index contributed by atoms with van der Waals surface area (Å²) in [6, 6.07) is 41.9. The summed E-state index contributed by atoms with van der Waals surface area (Å²) in [4.78, 5) is 0. The maximum atomic E-state index is 3.39. The molecular formula is C30H16. The van der Waals surface area contributed by atoms with Gasteiger partial charge < -0.3 is 0 Å². The number of benzene rings is 7. The van der Waals surface area contributed by atoms with Crippen molar-refractivity contribution >= 4 is 64.6 Å². The molecule has 0 bridgehead atoms. The second-order valence-electron chi connectivity index (χ2n) is 8.06. The molecule has 2 radical (unpaired) electrons. The molecule has 0 aromatic heterocycles. The van der Waals surface area contributed by atoms with Gasteiger partial charge in [0.1, 0.15) is 0 Å². The summed E-state index contributed by atoms with van der Waals surface area (Å²) in [6.07, 6.45) is 0. The Morgan fingerprint density at radius 1 is 0.367 bits per heavy atom. The first-order chi connectivity index (χ1) is 14.8. The summed E-state index contributed by atoms with van der Waals surface area (Å²) in [5.41, 5.74) is 0. The molecule has 7 aromatic rings. The van der Waals surface area contributed by atoms with Crippen LogP contribution in [0.4, 0.5) is 0 Å². The highest BCUT2D eigenvalue weighted by Crippen LogP contribution is 2.40. The van der Waals surface area contributed by atoms with Gasteiger partial charge in [0.05, 0.1) is 0 Å². The van der Waals surface area contributed by atoms with Crippen LogP contribution in [0.25, 0.3) is 64.6 Å². The van der Waals surface area contributed by atoms with Gasteiger partial charge >= 0.3 is 0 Å². The van der Waals surface area contributed by atoms with Crippen LogP contribution in [-0.4, -0.2) is 0 Å². The van der Waals surface area contributed by atoms with Crippen molar-refractivity contribution in [1.29, 1.82) is 0 Å². The average Bonchev–Trinajstić information content (AvgIpc) is 2.81. The topological polar surface area (TPSA) is 0 Å². The monoisotopic (exact) mass is 376 g/mol. The van der Waals surface area contributed by atoms with Gasteiger partial charge in [0.2, 0.25) is 0 Å². The van der Waals surface area contributed by atoms with Crippen molar-refractivity contribution in [1.82, 2.24) is 0 Å². The zero-order valence-corrected chi connectivity index (χ0v) is 16.2. The Morgan fingerprint density at radius 2 is 0.667 bits per heavy atom. The maximum Gasteiger partial charge on any atom is -0.00921 e. The summed E-state index contributed by atoms with van der Waals surface area (Å²) in [5, 5.41) is 15.1. The van der Waals surface area contributed by atoms with E-state index < -0.39 is 0 Å². The molecule has 0 spiro atoms. The molecule has 0 heteroatoms. The molecule has 0 unspecified atom stereocenters. The van der Waals surface area contributed by atoms with Crippen LogP contribution < -0.4 is 0 Å². The quantitative estimate of drug-likeness (QED) is 0.185. The molecule has 0 N–H and O–H groups in total. The van der Waals surface area contributed by atoms with Gasteiger partial charge in [-0.1, -0.05) is 60.7 Å². The van der Waals surface area contributed by atoms with Crippen LogP contribution in [0.15, 0.2) is 97.1 Å². The van der Waals surface area contributed by atoms with Crippen LogP contribution in [0, 0.1) is 12.1 Å². The lowest BCUT2D eigenvalue weighted by molar-refractivity contribution is 1.77. The number of fused-ring (bicyclic) bond motifs is 9. The van der Waals surface area contributed by atoms with Gasteiger partial charge in [-0.15, -0.1) is 0 Å². The van der Waals surface area contributed by atoms with Crippen molar-refractivity contribution in [2.45, 2.75) is 0 Å². The molecule has 0 aliphatic carbocycles. The lowest BCUT2D eigenvalue weighted by atomic mass is 9.89. The molecular weight excluding hydrogens is 360 g/mol. The third kappa shape index (κ3) is 2.16. The van der Waals surface area contributed by atoms with Crippen molar-refractivity contribution in [3.05, 3.63) is 109 Å². The SMILES string of the molecule is [c]1cc[c]c2cc3c(cc12)c1cc2ccccc2cc1c1cc2ccccc2cc31. The molecule has 0 aliphatic rings. The number of hydrogen-bond acceptors (Lipinski definition) is 0. The highest BCUT2D eigenvalue weighted by atomic mass is 14.2. The highest BCUT2D eigenvalue weighted by molar-refractivity contribution is 6.30. The molecule has 0 heterocycles. The zero-order valence-electron chi connectivity index (χ0n) is 16.2. The Balaban J connectivity index is 1.82. The molecule has 136 valence electrons. The molecule has 7 rings (SSSR count). The van der Waals surface area contributed by atoms with Gasteiger partial charge in [-0.25, -0.2) is 0 Å². The first-order valence-electron chi connectivity index (χ1n) is 10.3. The molecule has 0 fully saturated rings. The van der Waals surface area contributed by atoms with E-state index >= 15 is 0 Å². The van der Waals surface area contributed by atoms with Crippen LogP contribution >= 0.6 is 0 Å². The third-order valence-electron chi connectivity index (χ3n) is 6.36. The Labute approximate surface area is 174 Å². The molecule has 0 amide bonds. The van der Waals surface area contributed by atoms with Gasteiger partial charge in [0, 0.05) is 0 Å². The maximum absolute atomic E-state index is 3.39. The largest absolute Gasteiger partial charge is 0.0616 e. The Kier molecular flexibility index (Phi) is 3.09. The second-order valence-corrected chi connectivity index (χ2v) is 8.06. The fourth-order valence-electron chi connectivity index (χ4n) is 4.92. The molecule has 0 atom stereocenters. The molecule has 7 aromatic carbocycles. The third-order valence-corrected chi connectivity index (χ3v) is 6.36. The summed E-state index contributed by atoms with van der Waals surface area (Å²) < 4.78 is 0. The van der Waals surface area contributed by atoms with E-state index in [1.54, 1.807) is 0 Å². The predicted octanol–water partition coefficient (Wildman–Crippen LogP) is 8.21. The fraction of sp³-hybridized carbons (Fsp3) is 0. The summed E-state index contributed by atoms with van der Waals surface area (Å²) in [7, 11) is 0. The normalized spacial score (nSPS) is 12.0. The van der Waals surface area contributed by atoms with E-state index in [0.717, 1.165) is 10.8 Å². The average molecular weight is 376 g/mol. The van der Waals surface area contributed by atoms with Gasteiger partial charge in [0.15, 0.2) is 0 Å². The lowest BCUT2D eigenvalue weighted by Gasteiger charge is -2.14. The standard InChI is InChI=1S/C30H16/c1-2-8-20-14-26-25(13-19(20)7-1)27-15-21-9-3-4-11-23(21)17-29(27)30-18-24-12-6-5-10-22(24)16-28(26)30/h1-9,11,13-18H. The van der Waals surface area contributed by atoms with Crippen LogP contribution in [0.5, 0.6) is 0 Å². The Bertz CT molecular complexity index is 1410. The molecule has 0 saturated carbocycles. The van der Waals surface area contributed by atoms with Gasteiger partial charge in [0.25, 0.3) is 0 Å². The first kappa shape index (κ1) is 16.0. The minimum atomic E-state index is 1.11. The van der Waals surface area contributed by atoms with Crippen molar-refractivity contribution < 1.29 is 0 Å². The van der Waals surface area contributed by atoms with Gasteiger partial charge in [-0.05, 0) is 113 Å². The van der Waals surface area contributed by atoms with E-state index in [4.69, 9.17) is 0 Å². The van der Waals surface area contributed by atoms with E-state index in [0.29, 0.717) is 0 Å². The Hall–Kier alpha value is -3.90. The van der Waals surface area contributed by atoms with E-state index in [1.165, 1.54) is 53.9 Å². The number of rotatable bonds is 0. The zero-order chi connectivity index (χ0) is 19.7. The van der Waals surface area contributed by atoms with Crippen molar-refractivity contribution in [3.8, 4) is 0 Å². The van der Waals surface area contributed by atoms with Crippen LogP contribution in [0.1, 0.15) is 0 Å².